The smallest absolute Gasteiger partial charge is 0.349 e. The number of halogens is 3. The first-order valence-electron chi connectivity index (χ1n) is 7.28. The van der Waals surface area contributed by atoms with E-state index in [0.29, 0.717) is 20.1 Å². The highest BCUT2D eigenvalue weighted by Gasteiger charge is 2.16. The Kier molecular flexibility index (Phi) is 7.46. The van der Waals surface area contributed by atoms with Crippen LogP contribution in [-0.2, 0) is 4.79 Å². The van der Waals surface area contributed by atoms with Crippen LogP contribution in [0.1, 0.15) is 5.56 Å². The number of hydrogen-bond donors (Lipinski definition) is 0. The van der Waals surface area contributed by atoms with Crippen LogP contribution in [0.3, 0.4) is 0 Å². The van der Waals surface area contributed by atoms with E-state index in [1.54, 1.807) is 18.2 Å². The lowest BCUT2D eigenvalue weighted by atomic mass is 10.2. The molecular weight excluding hydrogens is 465 g/mol. The fourth-order valence-electron chi connectivity index (χ4n) is 1.95. The van der Waals surface area contributed by atoms with Crippen molar-refractivity contribution in [1.82, 2.24) is 0 Å². The van der Waals surface area contributed by atoms with Crippen LogP contribution >= 0.6 is 39.1 Å². The molecular formula is C17H12BrCl2NO6. The van der Waals surface area contributed by atoms with E-state index in [4.69, 9.17) is 37.4 Å². The van der Waals surface area contributed by atoms with Crippen LogP contribution in [0.15, 0.2) is 41.0 Å². The van der Waals surface area contributed by atoms with Gasteiger partial charge < -0.3 is 14.2 Å². The highest BCUT2D eigenvalue weighted by Crippen LogP contribution is 2.37. The van der Waals surface area contributed by atoms with Crippen LogP contribution in [0.25, 0.3) is 6.08 Å². The van der Waals surface area contributed by atoms with Gasteiger partial charge in [0.15, 0.2) is 18.1 Å². The summed E-state index contributed by atoms with van der Waals surface area (Å²) in [5, 5.41) is 11.1. The number of rotatable bonds is 7. The maximum absolute atomic E-state index is 12.1. The molecule has 0 spiro atoms. The molecule has 0 bridgehead atoms. The van der Waals surface area contributed by atoms with Gasteiger partial charge in [0.25, 0.3) is 0 Å². The highest BCUT2D eigenvalue weighted by molar-refractivity contribution is 9.10. The molecule has 7 nitrogen and oxygen atoms in total. The summed E-state index contributed by atoms with van der Waals surface area (Å²) in [6.45, 7) is -0.418. The van der Waals surface area contributed by atoms with Gasteiger partial charge in [0.1, 0.15) is 5.75 Å². The van der Waals surface area contributed by atoms with Crippen molar-refractivity contribution in [3.8, 4) is 17.2 Å². The Bertz CT molecular complexity index is 903. The minimum atomic E-state index is -0.710. The molecule has 2 aromatic rings. The number of methoxy groups -OCH3 is 1. The van der Waals surface area contributed by atoms with Crippen molar-refractivity contribution in [1.29, 1.82) is 0 Å². The summed E-state index contributed by atoms with van der Waals surface area (Å²) in [5.74, 6) is -0.144. The van der Waals surface area contributed by atoms with Crippen molar-refractivity contribution in [3.63, 3.8) is 0 Å². The van der Waals surface area contributed by atoms with Crippen LogP contribution in [0, 0.1) is 10.1 Å². The minimum absolute atomic E-state index is 0.113. The second-order valence-corrected chi connectivity index (χ2v) is 6.67. The molecule has 0 radical (unpaired) electrons. The molecule has 0 atom stereocenters. The molecule has 0 aliphatic heterocycles. The molecule has 0 unspecified atom stereocenters. The highest BCUT2D eigenvalue weighted by atomic mass is 79.9. The summed E-state index contributed by atoms with van der Waals surface area (Å²) in [5.41, 5.74) is 0.484. The van der Waals surface area contributed by atoms with Gasteiger partial charge in [0.2, 0.25) is 6.20 Å². The number of carbonyl (C=O) groups is 1. The zero-order valence-electron chi connectivity index (χ0n) is 13.8. The van der Waals surface area contributed by atoms with Crippen molar-refractivity contribution in [3.05, 3.63) is 66.7 Å². The Morgan fingerprint density at radius 1 is 1.26 bits per heavy atom. The van der Waals surface area contributed by atoms with Gasteiger partial charge in [-0.05, 0) is 45.8 Å². The molecule has 0 amide bonds. The predicted octanol–water partition coefficient (Wildman–Crippen LogP) is 5.00. The number of nitro groups is 1. The molecule has 27 heavy (non-hydrogen) atoms. The maximum Gasteiger partial charge on any atom is 0.349 e. The van der Waals surface area contributed by atoms with Crippen molar-refractivity contribution < 1.29 is 23.9 Å². The summed E-state index contributed by atoms with van der Waals surface area (Å²) < 4.78 is 16.1. The van der Waals surface area contributed by atoms with Crippen molar-refractivity contribution in [2.75, 3.05) is 13.7 Å². The molecule has 0 heterocycles. The monoisotopic (exact) mass is 475 g/mol. The summed E-state index contributed by atoms with van der Waals surface area (Å²) in [7, 11) is 1.38. The third-order valence-corrected chi connectivity index (χ3v) is 4.23. The molecule has 10 heteroatoms. The second-order valence-electron chi connectivity index (χ2n) is 4.97. The SMILES string of the molecule is COc1cc(/C=C/[N+](=O)[O-])cc(Br)c1OC(=O)COc1cc(Cl)ccc1Cl. The molecule has 2 aromatic carbocycles. The average Bonchev–Trinajstić information content (AvgIpc) is 2.62. The number of hydrogen-bond acceptors (Lipinski definition) is 6. The van der Waals surface area contributed by atoms with Gasteiger partial charge in [-0.3, -0.25) is 10.1 Å². The van der Waals surface area contributed by atoms with Crippen LogP contribution < -0.4 is 14.2 Å². The molecule has 0 aliphatic carbocycles. The lowest BCUT2D eigenvalue weighted by Crippen LogP contribution is -2.18. The zero-order chi connectivity index (χ0) is 20.0. The maximum atomic E-state index is 12.1. The van der Waals surface area contributed by atoms with Crippen LogP contribution in [0.5, 0.6) is 17.2 Å². The van der Waals surface area contributed by atoms with Crippen molar-refractivity contribution in [2.24, 2.45) is 0 Å². The standard InChI is InChI=1S/C17H12BrCl2NO6/c1-25-15-7-10(4-5-21(23)24)6-12(18)17(15)27-16(22)9-26-14-8-11(19)2-3-13(14)20/h2-8H,9H2,1H3/b5-4+. The van der Waals surface area contributed by atoms with E-state index in [1.165, 1.54) is 25.3 Å². The number of benzene rings is 2. The van der Waals surface area contributed by atoms with Gasteiger partial charge in [-0.1, -0.05) is 23.2 Å². The molecule has 142 valence electrons. The van der Waals surface area contributed by atoms with Crippen molar-refractivity contribution >= 4 is 51.2 Å². The van der Waals surface area contributed by atoms with E-state index in [9.17, 15) is 14.9 Å². The third kappa shape index (κ3) is 6.13. The Hall–Kier alpha value is -2.29. The summed E-state index contributed by atoms with van der Waals surface area (Å²) in [4.78, 5) is 21.9. The average molecular weight is 477 g/mol. The molecule has 2 rings (SSSR count). The van der Waals surface area contributed by atoms with Crippen molar-refractivity contribution in [2.45, 2.75) is 0 Å². The van der Waals surface area contributed by atoms with E-state index in [2.05, 4.69) is 15.9 Å². The number of carbonyl (C=O) groups excluding carboxylic acids is 1. The van der Waals surface area contributed by atoms with E-state index in [-0.39, 0.29) is 17.2 Å². The Labute approximate surface area is 172 Å². The van der Waals surface area contributed by atoms with Crippen LogP contribution in [-0.4, -0.2) is 24.6 Å². The zero-order valence-corrected chi connectivity index (χ0v) is 16.9. The normalized spacial score (nSPS) is 10.7. The Morgan fingerprint density at radius 2 is 2.00 bits per heavy atom. The molecule has 0 fully saturated rings. The summed E-state index contributed by atoms with van der Waals surface area (Å²) in [6, 6.07) is 7.64. The predicted molar refractivity (Wildman–Crippen MR) is 104 cm³/mol. The van der Waals surface area contributed by atoms with E-state index in [1.807, 2.05) is 0 Å². The van der Waals surface area contributed by atoms with E-state index < -0.39 is 17.5 Å². The summed E-state index contributed by atoms with van der Waals surface area (Å²) >= 11 is 15.1. The van der Waals surface area contributed by atoms with Crippen LogP contribution in [0.2, 0.25) is 10.0 Å². The fourth-order valence-corrected chi connectivity index (χ4v) is 2.82. The number of ether oxygens (including phenoxy) is 3. The number of nitrogens with zero attached hydrogens (tertiary/aromatic N) is 1. The number of esters is 1. The first kappa shape index (κ1) is 21.0. The van der Waals surface area contributed by atoms with E-state index in [0.717, 1.165) is 6.20 Å². The topological polar surface area (TPSA) is 87.9 Å². The van der Waals surface area contributed by atoms with Gasteiger partial charge in [-0.25, -0.2) is 4.79 Å². The Balaban J connectivity index is 2.12. The molecule has 0 saturated heterocycles. The van der Waals surface area contributed by atoms with Gasteiger partial charge >= 0.3 is 5.97 Å². The van der Waals surface area contributed by atoms with Crippen LogP contribution in [0.4, 0.5) is 0 Å². The summed E-state index contributed by atoms with van der Waals surface area (Å²) in [6.07, 6.45) is 2.07. The molecule has 0 aromatic heterocycles. The Morgan fingerprint density at radius 3 is 2.67 bits per heavy atom. The first-order chi connectivity index (χ1) is 12.8. The largest absolute Gasteiger partial charge is 0.493 e. The lowest BCUT2D eigenvalue weighted by molar-refractivity contribution is -0.400. The molecule has 0 N–H and O–H groups in total. The van der Waals surface area contributed by atoms with Gasteiger partial charge in [0, 0.05) is 17.2 Å². The third-order valence-electron chi connectivity index (χ3n) is 3.10. The first-order valence-corrected chi connectivity index (χ1v) is 8.83. The fraction of sp³-hybridized carbons (Fsp3) is 0.118. The quantitative estimate of drug-likeness (QED) is 0.242. The van der Waals surface area contributed by atoms with E-state index >= 15 is 0 Å². The minimum Gasteiger partial charge on any atom is -0.493 e. The van der Waals surface area contributed by atoms with Gasteiger partial charge in [-0.15, -0.1) is 0 Å². The molecule has 0 aliphatic rings. The lowest BCUT2D eigenvalue weighted by Gasteiger charge is -2.13. The molecule has 0 saturated carbocycles. The second kappa shape index (κ2) is 9.59. The van der Waals surface area contributed by atoms with Gasteiger partial charge in [0.05, 0.1) is 21.5 Å². The van der Waals surface area contributed by atoms with Gasteiger partial charge in [-0.2, -0.15) is 0 Å².